The smallest absolute Gasteiger partial charge is 0.179 e. The largest absolute Gasteiger partial charge is 0.310 e. The van der Waals surface area contributed by atoms with Crippen molar-refractivity contribution in [3.63, 3.8) is 0 Å². The zero-order valence-electron chi connectivity index (χ0n) is 11.7. The molecule has 1 aromatic carbocycles. The molecule has 1 unspecified atom stereocenters. The number of hydrogen-bond donors (Lipinski definition) is 0. The molecule has 0 radical (unpaired) electrons. The summed E-state index contributed by atoms with van der Waals surface area (Å²) in [5, 5.41) is 13.6. The molecular formula is C16H18N4. The minimum Gasteiger partial charge on any atom is -0.310 e. The SMILES string of the molecule is Cc1ccccc1-c1ccn(CC2CCN(C#N)C2)n1. The van der Waals surface area contributed by atoms with E-state index in [4.69, 9.17) is 5.26 Å². The van der Waals surface area contributed by atoms with Crippen LogP contribution in [0.1, 0.15) is 12.0 Å². The summed E-state index contributed by atoms with van der Waals surface area (Å²) in [6.07, 6.45) is 5.34. The molecule has 1 fully saturated rings. The van der Waals surface area contributed by atoms with Crippen molar-refractivity contribution >= 4 is 0 Å². The van der Waals surface area contributed by atoms with Gasteiger partial charge in [0.15, 0.2) is 6.19 Å². The fourth-order valence-electron chi connectivity index (χ4n) is 2.80. The van der Waals surface area contributed by atoms with Gasteiger partial charge in [-0.05, 0) is 30.9 Å². The number of likely N-dealkylation sites (tertiary alicyclic amines) is 1. The second kappa shape index (κ2) is 5.38. The molecule has 1 aliphatic heterocycles. The summed E-state index contributed by atoms with van der Waals surface area (Å²) in [5.41, 5.74) is 3.46. The van der Waals surface area contributed by atoms with Crippen molar-refractivity contribution in [2.24, 2.45) is 5.92 Å². The maximum atomic E-state index is 8.89. The molecule has 4 heteroatoms. The molecule has 0 N–H and O–H groups in total. The molecule has 4 nitrogen and oxygen atoms in total. The Morgan fingerprint density at radius 1 is 1.35 bits per heavy atom. The summed E-state index contributed by atoms with van der Waals surface area (Å²) in [4.78, 5) is 1.83. The van der Waals surface area contributed by atoms with Crippen LogP contribution in [-0.2, 0) is 6.54 Å². The van der Waals surface area contributed by atoms with Gasteiger partial charge in [-0.25, -0.2) is 0 Å². The van der Waals surface area contributed by atoms with Crippen molar-refractivity contribution in [3.8, 4) is 17.5 Å². The lowest BCUT2D eigenvalue weighted by Gasteiger charge is -2.09. The Bertz CT molecular complexity index is 638. The maximum Gasteiger partial charge on any atom is 0.179 e. The minimum absolute atomic E-state index is 0.527. The highest BCUT2D eigenvalue weighted by molar-refractivity contribution is 5.62. The molecule has 0 saturated carbocycles. The van der Waals surface area contributed by atoms with Crippen LogP contribution in [0.15, 0.2) is 36.5 Å². The molecule has 2 aromatic rings. The predicted molar refractivity (Wildman–Crippen MR) is 77.7 cm³/mol. The molecule has 1 atom stereocenters. The summed E-state index contributed by atoms with van der Waals surface area (Å²) in [6, 6.07) is 10.4. The van der Waals surface area contributed by atoms with Crippen molar-refractivity contribution in [2.45, 2.75) is 19.9 Å². The van der Waals surface area contributed by atoms with Crippen LogP contribution in [0, 0.1) is 24.3 Å². The zero-order valence-corrected chi connectivity index (χ0v) is 11.7. The highest BCUT2D eigenvalue weighted by atomic mass is 15.3. The van der Waals surface area contributed by atoms with Gasteiger partial charge in [-0.1, -0.05) is 24.3 Å². The van der Waals surface area contributed by atoms with Crippen molar-refractivity contribution in [3.05, 3.63) is 42.1 Å². The van der Waals surface area contributed by atoms with Crippen molar-refractivity contribution in [1.82, 2.24) is 14.7 Å². The van der Waals surface area contributed by atoms with E-state index in [1.54, 1.807) is 0 Å². The summed E-state index contributed by atoms with van der Waals surface area (Å²) in [5.74, 6) is 0.527. The van der Waals surface area contributed by atoms with E-state index < -0.39 is 0 Å². The average Bonchev–Trinajstić information content (AvgIpc) is 3.09. The molecule has 1 aliphatic rings. The first-order valence-electron chi connectivity index (χ1n) is 7.00. The number of rotatable bonds is 3. The van der Waals surface area contributed by atoms with Crippen LogP contribution in [0.4, 0.5) is 0 Å². The molecule has 20 heavy (non-hydrogen) atoms. The van der Waals surface area contributed by atoms with Gasteiger partial charge in [-0.3, -0.25) is 4.68 Å². The summed E-state index contributed by atoms with van der Waals surface area (Å²) >= 11 is 0. The fraction of sp³-hybridized carbons (Fsp3) is 0.375. The van der Waals surface area contributed by atoms with Crippen molar-refractivity contribution in [1.29, 1.82) is 5.26 Å². The summed E-state index contributed by atoms with van der Waals surface area (Å²) in [7, 11) is 0. The van der Waals surface area contributed by atoms with Gasteiger partial charge in [0.25, 0.3) is 0 Å². The summed E-state index contributed by atoms with van der Waals surface area (Å²) in [6.45, 7) is 4.74. The zero-order chi connectivity index (χ0) is 13.9. The Labute approximate surface area is 119 Å². The molecule has 0 bridgehead atoms. The van der Waals surface area contributed by atoms with Gasteiger partial charge in [0, 0.05) is 31.4 Å². The normalized spacial score (nSPS) is 18.2. The van der Waals surface area contributed by atoms with Gasteiger partial charge in [0.05, 0.1) is 5.69 Å². The van der Waals surface area contributed by atoms with E-state index in [-0.39, 0.29) is 0 Å². The molecule has 0 spiro atoms. The first kappa shape index (κ1) is 12.7. The third-order valence-electron chi connectivity index (χ3n) is 3.93. The van der Waals surface area contributed by atoms with Gasteiger partial charge in [0.1, 0.15) is 0 Å². The first-order chi connectivity index (χ1) is 9.76. The van der Waals surface area contributed by atoms with Gasteiger partial charge in [0.2, 0.25) is 0 Å². The van der Waals surface area contributed by atoms with Crippen LogP contribution < -0.4 is 0 Å². The second-order valence-electron chi connectivity index (χ2n) is 5.44. The lowest BCUT2D eigenvalue weighted by molar-refractivity contribution is 0.406. The van der Waals surface area contributed by atoms with E-state index in [1.165, 1.54) is 11.1 Å². The van der Waals surface area contributed by atoms with E-state index in [1.807, 2.05) is 27.9 Å². The van der Waals surface area contributed by atoms with E-state index in [2.05, 4.69) is 36.4 Å². The Hall–Kier alpha value is -2.28. The molecular weight excluding hydrogens is 248 g/mol. The monoisotopic (exact) mass is 266 g/mol. The Morgan fingerprint density at radius 2 is 2.20 bits per heavy atom. The third-order valence-corrected chi connectivity index (χ3v) is 3.93. The highest BCUT2D eigenvalue weighted by Crippen LogP contribution is 2.22. The Morgan fingerprint density at radius 3 is 2.95 bits per heavy atom. The molecule has 1 aromatic heterocycles. The topological polar surface area (TPSA) is 44.9 Å². The lowest BCUT2D eigenvalue weighted by atomic mass is 10.1. The number of aromatic nitrogens is 2. The van der Waals surface area contributed by atoms with E-state index in [9.17, 15) is 0 Å². The quantitative estimate of drug-likeness (QED) is 0.802. The van der Waals surface area contributed by atoms with E-state index in [0.29, 0.717) is 5.92 Å². The molecule has 1 saturated heterocycles. The van der Waals surface area contributed by atoms with Crippen molar-refractivity contribution < 1.29 is 0 Å². The van der Waals surface area contributed by atoms with E-state index in [0.717, 1.165) is 31.7 Å². The third kappa shape index (κ3) is 2.53. The van der Waals surface area contributed by atoms with Crippen LogP contribution >= 0.6 is 0 Å². The average molecular weight is 266 g/mol. The maximum absolute atomic E-state index is 8.89. The van der Waals surface area contributed by atoms with Crippen LogP contribution in [0.5, 0.6) is 0 Å². The first-order valence-corrected chi connectivity index (χ1v) is 7.00. The number of nitriles is 1. The Kier molecular flexibility index (Phi) is 3.42. The van der Waals surface area contributed by atoms with Gasteiger partial charge >= 0.3 is 0 Å². The second-order valence-corrected chi connectivity index (χ2v) is 5.44. The van der Waals surface area contributed by atoms with Gasteiger partial charge in [-0.2, -0.15) is 10.4 Å². The van der Waals surface area contributed by atoms with Crippen molar-refractivity contribution in [2.75, 3.05) is 13.1 Å². The molecule has 0 amide bonds. The Balaban J connectivity index is 1.72. The molecule has 2 heterocycles. The summed E-state index contributed by atoms with van der Waals surface area (Å²) < 4.78 is 2.01. The van der Waals surface area contributed by atoms with Gasteiger partial charge < -0.3 is 4.90 Å². The standard InChI is InChI=1S/C16H18N4/c1-13-4-2-3-5-15(13)16-7-9-20(18-16)11-14-6-8-19(10-14)12-17/h2-5,7,9,14H,6,8,10-11H2,1H3. The highest BCUT2D eigenvalue weighted by Gasteiger charge is 2.22. The number of benzene rings is 1. The number of nitrogens with zero attached hydrogens (tertiary/aromatic N) is 4. The van der Waals surface area contributed by atoms with Crippen LogP contribution in [0.25, 0.3) is 11.3 Å². The van der Waals surface area contributed by atoms with E-state index >= 15 is 0 Å². The minimum atomic E-state index is 0.527. The lowest BCUT2D eigenvalue weighted by Crippen LogP contribution is -2.17. The predicted octanol–water partition coefficient (Wildman–Crippen LogP) is 2.66. The molecule has 3 rings (SSSR count). The number of hydrogen-bond acceptors (Lipinski definition) is 3. The number of aryl methyl sites for hydroxylation is 1. The van der Waals surface area contributed by atoms with Crippen LogP contribution in [0.3, 0.4) is 0 Å². The van der Waals surface area contributed by atoms with Crippen LogP contribution in [0.2, 0.25) is 0 Å². The van der Waals surface area contributed by atoms with Gasteiger partial charge in [-0.15, -0.1) is 0 Å². The van der Waals surface area contributed by atoms with Crippen LogP contribution in [-0.4, -0.2) is 27.8 Å². The molecule has 102 valence electrons. The fourth-order valence-corrected chi connectivity index (χ4v) is 2.80. The molecule has 0 aliphatic carbocycles.